The molecule has 0 saturated heterocycles. The second-order valence-electron chi connectivity index (χ2n) is 2.30. The van der Waals surface area contributed by atoms with Crippen molar-refractivity contribution in [2.24, 2.45) is 0 Å². The predicted molar refractivity (Wildman–Crippen MR) is 44.8 cm³/mol. The molecule has 0 N–H and O–H groups in total. The smallest absolute Gasteiger partial charge is 0.312 e. The average molecular weight is 170 g/mol. The van der Waals surface area contributed by atoms with Crippen molar-refractivity contribution in [3.05, 3.63) is 22.4 Å². The van der Waals surface area contributed by atoms with Crippen molar-refractivity contribution in [2.75, 3.05) is 7.11 Å². The summed E-state index contributed by atoms with van der Waals surface area (Å²) in [5, 5.41) is 3.91. The molecule has 0 spiro atoms. The SMILES string of the molecule is COC(=O)[C@H](C)c1ccsc1. The maximum atomic E-state index is 11.0. The molecule has 1 aromatic rings. The molecule has 0 saturated carbocycles. The van der Waals surface area contributed by atoms with Gasteiger partial charge in [0.05, 0.1) is 13.0 Å². The molecule has 0 aliphatic heterocycles. The van der Waals surface area contributed by atoms with Crippen LogP contribution in [0.5, 0.6) is 0 Å². The highest BCUT2D eigenvalue weighted by Crippen LogP contribution is 2.18. The summed E-state index contributed by atoms with van der Waals surface area (Å²) in [5.74, 6) is -0.311. The van der Waals surface area contributed by atoms with Gasteiger partial charge in [-0.1, -0.05) is 0 Å². The Bertz CT molecular complexity index is 228. The average Bonchev–Trinajstić information content (AvgIpc) is 2.53. The Hall–Kier alpha value is -0.830. The van der Waals surface area contributed by atoms with Gasteiger partial charge in [-0.15, -0.1) is 0 Å². The van der Waals surface area contributed by atoms with Crippen molar-refractivity contribution in [1.29, 1.82) is 0 Å². The quantitative estimate of drug-likeness (QED) is 0.635. The number of hydrogen-bond acceptors (Lipinski definition) is 3. The molecule has 0 fully saturated rings. The van der Waals surface area contributed by atoms with E-state index in [0.29, 0.717) is 0 Å². The van der Waals surface area contributed by atoms with Crippen LogP contribution in [0.3, 0.4) is 0 Å². The van der Waals surface area contributed by atoms with Crippen LogP contribution in [0.15, 0.2) is 16.8 Å². The van der Waals surface area contributed by atoms with Crippen molar-refractivity contribution < 1.29 is 9.53 Å². The summed E-state index contributed by atoms with van der Waals surface area (Å²) in [6, 6.07) is 1.94. The van der Waals surface area contributed by atoms with Gasteiger partial charge in [0.1, 0.15) is 0 Å². The van der Waals surface area contributed by atoms with E-state index in [1.54, 1.807) is 11.3 Å². The standard InChI is InChI=1S/C8H10O2S/c1-6(8(9)10-2)7-3-4-11-5-7/h3-6H,1-2H3/t6-/m1/s1. The van der Waals surface area contributed by atoms with Gasteiger partial charge < -0.3 is 4.74 Å². The molecular formula is C8H10O2S. The van der Waals surface area contributed by atoms with Crippen molar-refractivity contribution >= 4 is 17.3 Å². The molecule has 1 atom stereocenters. The van der Waals surface area contributed by atoms with Gasteiger partial charge in [0, 0.05) is 0 Å². The first-order valence-corrected chi connectivity index (χ1v) is 4.30. The molecule has 0 aliphatic rings. The van der Waals surface area contributed by atoms with E-state index in [1.165, 1.54) is 7.11 Å². The Balaban J connectivity index is 2.70. The molecule has 0 radical (unpaired) electrons. The highest BCUT2D eigenvalue weighted by Gasteiger charge is 2.14. The Morgan fingerprint density at radius 1 is 1.73 bits per heavy atom. The first-order chi connectivity index (χ1) is 5.25. The van der Waals surface area contributed by atoms with E-state index in [1.807, 2.05) is 23.8 Å². The monoisotopic (exact) mass is 170 g/mol. The summed E-state index contributed by atoms with van der Waals surface area (Å²) in [6.45, 7) is 1.84. The van der Waals surface area contributed by atoms with Crippen LogP contribution in [0.1, 0.15) is 18.4 Å². The molecule has 1 heterocycles. The molecule has 3 heteroatoms. The van der Waals surface area contributed by atoms with Gasteiger partial charge in [0.15, 0.2) is 0 Å². The zero-order chi connectivity index (χ0) is 8.27. The lowest BCUT2D eigenvalue weighted by Gasteiger charge is -2.05. The number of carbonyl (C=O) groups excluding carboxylic acids is 1. The second kappa shape index (κ2) is 3.53. The molecule has 11 heavy (non-hydrogen) atoms. The van der Waals surface area contributed by atoms with Crippen LogP contribution >= 0.6 is 11.3 Å². The van der Waals surface area contributed by atoms with Crippen molar-refractivity contribution in [3.8, 4) is 0 Å². The van der Waals surface area contributed by atoms with E-state index >= 15 is 0 Å². The Morgan fingerprint density at radius 2 is 2.45 bits per heavy atom. The fraction of sp³-hybridized carbons (Fsp3) is 0.375. The molecule has 2 nitrogen and oxygen atoms in total. The Kier molecular flexibility index (Phi) is 2.65. The number of hydrogen-bond donors (Lipinski definition) is 0. The van der Waals surface area contributed by atoms with Crippen molar-refractivity contribution in [3.63, 3.8) is 0 Å². The number of rotatable bonds is 2. The summed E-state index contributed by atoms with van der Waals surface area (Å²) in [7, 11) is 1.41. The van der Waals surface area contributed by atoms with Gasteiger partial charge in [0.2, 0.25) is 0 Å². The largest absolute Gasteiger partial charge is 0.469 e. The zero-order valence-corrected chi connectivity index (χ0v) is 7.35. The lowest BCUT2D eigenvalue weighted by Crippen LogP contribution is -2.09. The Morgan fingerprint density at radius 3 is 2.91 bits per heavy atom. The first kappa shape index (κ1) is 8.27. The van der Waals surface area contributed by atoms with Crippen LogP contribution in [-0.2, 0) is 9.53 Å². The molecular weight excluding hydrogens is 160 g/mol. The molecule has 1 aromatic heterocycles. The second-order valence-corrected chi connectivity index (χ2v) is 3.08. The van der Waals surface area contributed by atoms with Gasteiger partial charge >= 0.3 is 5.97 Å². The minimum atomic E-state index is -0.177. The van der Waals surface area contributed by atoms with Crippen LogP contribution in [0, 0.1) is 0 Å². The van der Waals surface area contributed by atoms with E-state index in [2.05, 4.69) is 4.74 Å². The highest BCUT2D eigenvalue weighted by molar-refractivity contribution is 7.08. The number of esters is 1. The normalized spacial score (nSPS) is 12.5. The van der Waals surface area contributed by atoms with Crippen molar-refractivity contribution in [2.45, 2.75) is 12.8 Å². The summed E-state index contributed by atoms with van der Waals surface area (Å²) in [6.07, 6.45) is 0. The molecule has 60 valence electrons. The molecule has 0 amide bonds. The maximum Gasteiger partial charge on any atom is 0.312 e. The van der Waals surface area contributed by atoms with Gasteiger partial charge in [-0.05, 0) is 29.3 Å². The zero-order valence-electron chi connectivity index (χ0n) is 6.53. The van der Waals surface area contributed by atoms with Gasteiger partial charge in [-0.2, -0.15) is 11.3 Å². The summed E-state index contributed by atoms with van der Waals surface area (Å²) in [5.41, 5.74) is 1.03. The number of thiophene rings is 1. The molecule has 1 rings (SSSR count). The topological polar surface area (TPSA) is 26.3 Å². The maximum absolute atomic E-state index is 11.0. The van der Waals surface area contributed by atoms with E-state index in [4.69, 9.17) is 0 Å². The fourth-order valence-corrected chi connectivity index (χ4v) is 1.59. The summed E-state index contributed by atoms with van der Waals surface area (Å²) in [4.78, 5) is 11.0. The van der Waals surface area contributed by atoms with Crippen LogP contribution < -0.4 is 0 Å². The first-order valence-electron chi connectivity index (χ1n) is 3.35. The minimum Gasteiger partial charge on any atom is -0.469 e. The van der Waals surface area contributed by atoms with E-state index in [9.17, 15) is 4.79 Å². The van der Waals surface area contributed by atoms with E-state index in [0.717, 1.165) is 5.56 Å². The molecule has 0 aliphatic carbocycles. The lowest BCUT2D eigenvalue weighted by atomic mass is 10.1. The van der Waals surface area contributed by atoms with Gasteiger partial charge in [0.25, 0.3) is 0 Å². The lowest BCUT2D eigenvalue weighted by molar-refractivity contribution is -0.141. The molecule has 0 bridgehead atoms. The van der Waals surface area contributed by atoms with E-state index < -0.39 is 0 Å². The van der Waals surface area contributed by atoms with Gasteiger partial charge in [-0.25, -0.2) is 0 Å². The predicted octanol–water partition coefficient (Wildman–Crippen LogP) is 2.02. The molecule has 0 aromatic carbocycles. The third-order valence-electron chi connectivity index (χ3n) is 1.60. The highest BCUT2D eigenvalue weighted by atomic mass is 32.1. The van der Waals surface area contributed by atoms with E-state index in [-0.39, 0.29) is 11.9 Å². The third kappa shape index (κ3) is 1.80. The number of carbonyl (C=O) groups is 1. The van der Waals surface area contributed by atoms with Crippen LogP contribution in [0.2, 0.25) is 0 Å². The number of methoxy groups -OCH3 is 1. The summed E-state index contributed by atoms with van der Waals surface area (Å²) >= 11 is 1.59. The van der Waals surface area contributed by atoms with Gasteiger partial charge in [-0.3, -0.25) is 4.79 Å². The Labute approximate surface area is 69.8 Å². The fourth-order valence-electron chi connectivity index (χ4n) is 0.834. The number of ether oxygens (including phenoxy) is 1. The third-order valence-corrected chi connectivity index (χ3v) is 2.30. The molecule has 0 unspecified atom stereocenters. The van der Waals surface area contributed by atoms with Crippen LogP contribution in [0.25, 0.3) is 0 Å². The van der Waals surface area contributed by atoms with Crippen LogP contribution in [0.4, 0.5) is 0 Å². The van der Waals surface area contributed by atoms with Crippen molar-refractivity contribution in [1.82, 2.24) is 0 Å². The summed E-state index contributed by atoms with van der Waals surface area (Å²) < 4.78 is 4.60. The minimum absolute atomic E-state index is 0.133. The van der Waals surface area contributed by atoms with Crippen LogP contribution in [-0.4, -0.2) is 13.1 Å².